The second-order valence-electron chi connectivity index (χ2n) is 18.6. The number of hydrogen-bond acceptors (Lipinski definition) is 9. The number of aliphatic hydroxyl groups is 1. The maximum absolute atomic E-state index is 12.8. The molecule has 1 N–H and O–H groups in total. The van der Waals surface area contributed by atoms with Crippen molar-refractivity contribution in [1.82, 2.24) is 0 Å². The molecule has 13 unspecified atom stereocenters. The molecular weight excluding hydrogens is 717 g/mol. The van der Waals surface area contributed by atoms with Crippen LogP contribution in [0.5, 0.6) is 0 Å². The lowest BCUT2D eigenvalue weighted by Crippen LogP contribution is -2.59. The summed E-state index contributed by atoms with van der Waals surface area (Å²) in [6.07, 6.45) is 5.64. The van der Waals surface area contributed by atoms with Crippen LogP contribution in [-0.4, -0.2) is 64.7 Å². The molecule has 0 aromatic rings. The highest BCUT2D eigenvalue weighted by Gasteiger charge is 2.63. The molecule has 0 spiro atoms. The summed E-state index contributed by atoms with van der Waals surface area (Å²) < 4.78 is 60.4. The Morgan fingerprint density at radius 2 is 1.40 bits per heavy atom. The first-order valence-corrected chi connectivity index (χ1v) is 20.2. The Kier molecular flexibility index (Phi) is 11.5. The Balaban J connectivity index is 0.000000141. The maximum atomic E-state index is 12.8. The van der Waals surface area contributed by atoms with Crippen molar-refractivity contribution >= 4 is 23.9 Å². The zero-order chi connectivity index (χ0) is 40.4. The van der Waals surface area contributed by atoms with E-state index < -0.39 is 17.7 Å². The third-order valence-electron chi connectivity index (χ3n) is 14.3. The van der Waals surface area contributed by atoms with Gasteiger partial charge in [0.25, 0.3) is 0 Å². The van der Waals surface area contributed by atoms with Crippen molar-refractivity contribution in [2.24, 2.45) is 59.2 Å². The Bertz CT molecular complexity index is 1570. The topological polar surface area (TPSA) is 125 Å². The Morgan fingerprint density at radius 1 is 0.800 bits per heavy atom. The molecule has 8 saturated carbocycles. The average molecular weight is 777 g/mol. The van der Waals surface area contributed by atoms with E-state index in [2.05, 4.69) is 26.7 Å². The molecule has 0 aromatic heterocycles. The minimum atomic E-state index is -4.64. The summed E-state index contributed by atoms with van der Waals surface area (Å²) in [7, 11) is 0. The predicted molar refractivity (Wildman–Crippen MR) is 196 cm³/mol. The van der Waals surface area contributed by atoms with Gasteiger partial charge in [0, 0.05) is 34.5 Å². The molecule has 9 aliphatic rings. The van der Waals surface area contributed by atoms with Gasteiger partial charge in [-0.15, -0.1) is 0 Å². The first kappa shape index (κ1) is 41.5. The minimum Gasteiger partial charge on any atom is -0.459 e. The zero-order valence-electron chi connectivity index (χ0n) is 33.0. The highest BCUT2D eigenvalue weighted by Crippen LogP contribution is 2.61. The van der Waals surface area contributed by atoms with Gasteiger partial charge in [0.05, 0.1) is 5.92 Å². The normalized spacial score (nSPS) is 40.5. The number of ether oxygens (including phenoxy) is 4. The number of alkyl halides is 3. The van der Waals surface area contributed by atoms with Gasteiger partial charge in [-0.1, -0.05) is 26.7 Å². The highest BCUT2D eigenvalue weighted by atomic mass is 19.4. The summed E-state index contributed by atoms with van der Waals surface area (Å²) >= 11 is 0. The van der Waals surface area contributed by atoms with Crippen LogP contribution in [0.3, 0.4) is 0 Å². The molecule has 9 nitrogen and oxygen atoms in total. The van der Waals surface area contributed by atoms with Crippen LogP contribution in [0.25, 0.3) is 0 Å². The smallest absolute Gasteiger partial charge is 0.416 e. The fourth-order valence-electron chi connectivity index (χ4n) is 12.2. The monoisotopic (exact) mass is 776 g/mol. The van der Waals surface area contributed by atoms with E-state index in [1.54, 1.807) is 20.8 Å². The van der Waals surface area contributed by atoms with Crippen molar-refractivity contribution in [3.63, 3.8) is 0 Å². The lowest BCUT2D eigenvalue weighted by atomic mass is 9.49. The number of fused-ring (bicyclic) bond motifs is 3. The van der Waals surface area contributed by atoms with E-state index in [0.717, 1.165) is 63.2 Å². The summed E-state index contributed by atoms with van der Waals surface area (Å²) in [5.74, 6) is 2.44. The van der Waals surface area contributed by atoms with Crippen molar-refractivity contribution in [1.29, 1.82) is 0 Å². The molecule has 1 aliphatic heterocycles. The summed E-state index contributed by atoms with van der Waals surface area (Å²) in [6.45, 7) is 18.8. The Labute approximate surface area is 322 Å². The molecule has 0 amide bonds. The van der Waals surface area contributed by atoms with Crippen LogP contribution >= 0.6 is 0 Å². The number of rotatable bonds is 9. The van der Waals surface area contributed by atoms with E-state index in [4.69, 9.17) is 18.9 Å². The number of halogens is 3. The van der Waals surface area contributed by atoms with E-state index in [0.29, 0.717) is 35.8 Å². The van der Waals surface area contributed by atoms with Gasteiger partial charge in [-0.2, -0.15) is 13.2 Å². The quantitative estimate of drug-likeness (QED) is 0.141. The molecule has 12 heteroatoms. The van der Waals surface area contributed by atoms with Gasteiger partial charge in [0.1, 0.15) is 23.9 Å². The molecule has 0 radical (unpaired) electrons. The summed E-state index contributed by atoms with van der Waals surface area (Å²) in [5, 5.41) is 9.65. The predicted octanol–water partition coefficient (Wildman–Crippen LogP) is 7.99. The molecule has 1 saturated heterocycles. The van der Waals surface area contributed by atoms with Crippen LogP contribution < -0.4 is 0 Å². The first-order chi connectivity index (χ1) is 25.6. The molecule has 13 atom stereocenters. The second kappa shape index (κ2) is 15.3. The molecule has 9 fully saturated rings. The van der Waals surface area contributed by atoms with E-state index in [9.17, 15) is 37.5 Å². The number of esters is 4. The summed E-state index contributed by atoms with van der Waals surface area (Å²) in [4.78, 5) is 46.5. The fraction of sp³-hybridized carbons (Fsp3) is 0.767. The van der Waals surface area contributed by atoms with Gasteiger partial charge in [-0.25, -0.2) is 14.4 Å². The van der Waals surface area contributed by atoms with Gasteiger partial charge < -0.3 is 24.1 Å². The van der Waals surface area contributed by atoms with E-state index in [1.165, 1.54) is 19.3 Å². The third-order valence-corrected chi connectivity index (χ3v) is 14.3. The number of carbonyl (C=O) groups excluding carboxylic acids is 4. The molecule has 8 bridgehead atoms. The highest BCUT2D eigenvalue weighted by molar-refractivity contribution is 5.88. The molecule has 0 aromatic carbocycles. The number of hydrogen-bond donors (Lipinski definition) is 1. The second-order valence-corrected chi connectivity index (χ2v) is 18.6. The lowest BCUT2D eigenvalue weighted by Gasteiger charge is -2.60. The lowest BCUT2D eigenvalue weighted by molar-refractivity contribution is -0.260. The van der Waals surface area contributed by atoms with E-state index in [-0.39, 0.29) is 83.4 Å². The van der Waals surface area contributed by atoms with Gasteiger partial charge in [-0.05, 0) is 140 Å². The van der Waals surface area contributed by atoms with Gasteiger partial charge in [0.2, 0.25) is 0 Å². The molecule has 55 heavy (non-hydrogen) atoms. The molecule has 1 heterocycles. The van der Waals surface area contributed by atoms with Crippen LogP contribution in [-0.2, 0) is 38.1 Å². The fourth-order valence-corrected chi connectivity index (χ4v) is 12.2. The van der Waals surface area contributed by atoms with Crippen LogP contribution in [0.15, 0.2) is 36.5 Å². The SMILES string of the molecule is C=C(C)C(=O)OC12CC3CC(CC(C3)C1CC)C2.C=C(C)C(=O)OC1C2CC3C(=O)OC1C3C2.C=C(C)C(=O)OC1CC2CC(CC(C)(O)C(F)(F)F)C1C2. The molecule has 9 rings (SSSR count). The van der Waals surface area contributed by atoms with Crippen molar-refractivity contribution in [2.75, 3.05) is 0 Å². The van der Waals surface area contributed by atoms with Crippen molar-refractivity contribution in [2.45, 2.75) is 147 Å². The van der Waals surface area contributed by atoms with Gasteiger partial charge in [-0.3, -0.25) is 4.79 Å². The summed E-state index contributed by atoms with van der Waals surface area (Å²) in [5.41, 5.74) is -1.61. The Morgan fingerprint density at radius 3 is 1.95 bits per heavy atom. The largest absolute Gasteiger partial charge is 0.459 e. The zero-order valence-corrected chi connectivity index (χ0v) is 33.0. The Hall–Kier alpha value is -3.15. The molecule has 306 valence electrons. The maximum Gasteiger partial charge on any atom is 0.416 e. The van der Waals surface area contributed by atoms with Crippen molar-refractivity contribution in [3.8, 4) is 0 Å². The third kappa shape index (κ3) is 8.17. The van der Waals surface area contributed by atoms with Gasteiger partial charge >= 0.3 is 30.1 Å². The van der Waals surface area contributed by atoms with Crippen LogP contribution in [0.4, 0.5) is 13.2 Å². The standard InChI is InChI=1S/C16H24O2.C15H21F3O3.C12H14O4/c1-4-14-13-6-11-5-12(7-13)9-16(14,8-11)18-15(17)10(2)3;1-8(2)13(19)21-12-6-9-4-10(11(12)5-9)7-14(3,20)15(16,17)18;1-5(2)11(13)15-9-6-3-7-8(4-6)12(14)16-10(7)9/h11-14H,2,4-9H2,1,3H3;9-12,20H,1,4-7H2,2-3H3;6-10H,1,3-4H2,2H3. The van der Waals surface area contributed by atoms with Crippen LogP contribution in [0.2, 0.25) is 0 Å². The summed E-state index contributed by atoms with van der Waals surface area (Å²) in [6, 6.07) is 0. The van der Waals surface area contributed by atoms with Crippen molar-refractivity contribution < 1.29 is 56.4 Å². The van der Waals surface area contributed by atoms with Crippen LogP contribution in [0, 0.1) is 59.2 Å². The first-order valence-electron chi connectivity index (χ1n) is 20.2. The number of carbonyl (C=O) groups is 4. The average Bonchev–Trinajstić information content (AvgIpc) is 3.88. The molecular formula is C43H59F3O9. The van der Waals surface area contributed by atoms with E-state index in [1.807, 2.05) is 0 Å². The van der Waals surface area contributed by atoms with E-state index >= 15 is 0 Å². The molecule has 8 aliphatic carbocycles. The van der Waals surface area contributed by atoms with Gasteiger partial charge in [0.15, 0.2) is 5.60 Å². The van der Waals surface area contributed by atoms with Crippen molar-refractivity contribution in [3.05, 3.63) is 36.5 Å². The minimum absolute atomic E-state index is 0.0646. The van der Waals surface area contributed by atoms with Crippen LogP contribution in [0.1, 0.15) is 112 Å².